The van der Waals surface area contributed by atoms with Crippen molar-refractivity contribution in [3.8, 4) is 0 Å². The molecule has 1 aromatic rings. The lowest BCUT2D eigenvalue weighted by Crippen LogP contribution is -2.60. The Morgan fingerprint density at radius 2 is 1.87 bits per heavy atom. The van der Waals surface area contributed by atoms with E-state index in [0.29, 0.717) is 32.4 Å². The Balaban J connectivity index is 2.22. The van der Waals surface area contributed by atoms with Crippen LogP contribution in [0.25, 0.3) is 0 Å². The van der Waals surface area contributed by atoms with E-state index in [0.717, 1.165) is 5.56 Å². The van der Waals surface area contributed by atoms with Crippen molar-refractivity contribution >= 4 is 17.7 Å². The largest absolute Gasteiger partial charge is 0.343 e. The van der Waals surface area contributed by atoms with Crippen molar-refractivity contribution in [2.75, 3.05) is 27.2 Å². The van der Waals surface area contributed by atoms with Crippen LogP contribution in [-0.2, 0) is 20.8 Å². The van der Waals surface area contributed by atoms with Crippen molar-refractivity contribution < 1.29 is 14.4 Å². The van der Waals surface area contributed by atoms with Gasteiger partial charge in [0, 0.05) is 27.2 Å². The van der Waals surface area contributed by atoms with Crippen LogP contribution in [0.15, 0.2) is 30.3 Å². The van der Waals surface area contributed by atoms with E-state index in [2.05, 4.69) is 10.7 Å². The fourth-order valence-electron chi connectivity index (χ4n) is 3.76. The molecule has 3 amide bonds. The molecule has 1 fully saturated rings. The van der Waals surface area contributed by atoms with Crippen molar-refractivity contribution in [3.63, 3.8) is 0 Å². The molecular formula is C22H35N5O3. The molecule has 8 heteroatoms. The first-order valence-corrected chi connectivity index (χ1v) is 10.4. The number of piperidine rings is 1. The van der Waals surface area contributed by atoms with Crippen LogP contribution < -0.4 is 16.5 Å². The van der Waals surface area contributed by atoms with Crippen LogP contribution in [0, 0.1) is 5.41 Å². The molecule has 2 rings (SSSR count). The zero-order valence-electron chi connectivity index (χ0n) is 18.7. The summed E-state index contributed by atoms with van der Waals surface area (Å²) < 4.78 is 0. The maximum Gasteiger partial charge on any atom is 0.244 e. The summed E-state index contributed by atoms with van der Waals surface area (Å²) in [5, 5.41) is 4.32. The van der Waals surface area contributed by atoms with E-state index < -0.39 is 17.0 Å². The van der Waals surface area contributed by atoms with Crippen LogP contribution in [0.3, 0.4) is 0 Å². The van der Waals surface area contributed by atoms with Crippen molar-refractivity contribution in [2.24, 2.45) is 11.1 Å². The molecule has 1 heterocycles. The second kappa shape index (κ2) is 9.57. The minimum absolute atomic E-state index is 0.103. The molecule has 1 aliphatic rings. The lowest BCUT2D eigenvalue weighted by Gasteiger charge is -2.43. The van der Waals surface area contributed by atoms with Gasteiger partial charge in [-0.05, 0) is 45.6 Å². The Labute approximate surface area is 179 Å². The van der Waals surface area contributed by atoms with E-state index in [4.69, 9.17) is 5.73 Å². The highest BCUT2D eigenvalue weighted by Gasteiger charge is 2.44. The third kappa shape index (κ3) is 6.03. The maximum absolute atomic E-state index is 13.2. The highest BCUT2D eigenvalue weighted by molar-refractivity contribution is 5.92. The standard InChI is InChI=1S/C22H35N5O3/c1-16(24-19(29)21(2,3)23)18(28)27-13-9-12-22(15-27,20(30)25-26(4)5)14-17-10-7-6-8-11-17/h6-8,10-11,16H,9,12-15,23H2,1-5H3,(H,24,29)(H,25,30)/t16-,22-/m1/s1. The minimum atomic E-state index is -1.07. The molecule has 8 nitrogen and oxygen atoms in total. The highest BCUT2D eigenvalue weighted by Crippen LogP contribution is 2.34. The van der Waals surface area contributed by atoms with Gasteiger partial charge >= 0.3 is 0 Å². The van der Waals surface area contributed by atoms with Gasteiger partial charge in [-0.2, -0.15) is 0 Å². The lowest BCUT2D eigenvalue weighted by atomic mass is 9.74. The van der Waals surface area contributed by atoms with E-state index in [1.54, 1.807) is 44.8 Å². The molecular weight excluding hydrogens is 382 g/mol. The molecule has 1 saturated heterocycles. The molecule has 166 valence electrons. The van der Waals surface area contributed by atoms with Crippen molar-refractivity contribution in [2.45, 2.75) is 51.6 Å². The third-order valence-corrected chi connectivity index (χ3v) is 5.38. The van der Waals surface area contributed by atoms with Crippen LogP contribution in [0.1, 0.15) is 39.2 Å². The van der Waals surface area contributed by atoms with Crippen LogP contribution >= 0.6 is 0 Å². The number of rotatable bonds is 7. The number of carbonyl (C=O) groups is 3. The number of nitrogens with one attached hydrogen (secondary N) is 2. The first-order chi connectivity index (χ1) is 13.9. The Bertz CT molecular complexity index is 760. The van der Waals surface area contributed by atoms with Gasteiger partial charge < -0.3 is 16.0 Å². The zero-order chi connectivity index (χ0) is 22.5. The van der Waals surface area contributed by atoms with E-state index in [1.165, 1.54) is 0 Å². The van der Waals surface area contributed by atoms with Gasteiger partial charge in [-0.15, -0.1) is 0 Å². The molecule has 0 unspecified atom stereocenters. The number of benzene rings is 1. The van der Waals surface area contributed by atoms with Gasteiger partial charge in [0.25, 0.3) is 0 Å². The summed E-state index contributed by atoms with van der Waals surface area (Å²) in [6, 6.07) is 9.12. The second-order valence-corrected chi connectivity index (χ2v) is 9.06. The minimum Gasteiger partial charge on any atom is -0.343 e. The number of amides is 3. The predicted molar refractivity (Wildman–Crippen MR) is 116 cm³/mol. The Hall–Kier alpha value is -2.45. The first kappa shape index (κ1) is 23.8. The fourth-order valence-corrected chi connectivity index (χ4v) is 3.76. The predicted octanol–water partition coefficient (Wildman–Crippen LogP) is 0.673. The number of nitrogens with zero attached hydrogens (tertiary/aromatic N) is 2. The van der Waals surface area contributed by atoms with Gasteiger partial charge in [0.05, 0.1) is 11.0 Å². The number of nitrogens with two attached hydrogens (primary N) is 1. The van der Waals surface area contributed by atoms with Gasteiger partial charge in [0.15, 0.2) is 0 Å². The topological polar surface area (TPSA) is 108 Å². The van der Waals surface area contributed by atoms with Crippen molar-refractivity contribution in [1.82, 2.24) is 20.7 Å². The summed E-state index contributed by atoms with van der Waals surface area (Å²) in [5.74, 6) is -0.697. The van der Waals surface area contributed by atoms with Crippen molar-refractivity contribution in [3.05, 3.63) is 35.9 Å². The molecule has 0 bridgehead atoms. The number of carbonyl (C=O) groups excluding carboxylic acids is 3. The molecule has 0 saturated carbocycles. The summed E-state index contributed by atoms with van der Waals surface area (Å²) in [4.78, 5) is 40.2. The summed E-state index contributed by atoms with van der Waals surface area (Å²) in [5.41, 5.74) is 7.95. The molecule has 2 atom stereocenters. The van der Waals surface area contributed by atoms with Crippen LogP contribution in [0.4, 0.5) is 0 Å². The van der Waals surface area contributed by atoms with Gasteiger partial charge in [-0.25, -0.2) is 5.01 Å². The molecule has 1 aliphatic heterocycles. The molecule has 30 heavy (non-hydrogen) atoms. The van der Waals surface area contributed by atoms with Gasteiger partial charge in [-0.3, -0.25) is 19.8 Å². The number of hydrazine groups is 1. The molecule has 1 aromatic carbocycles. The van der Waals surface area contributed by atoms with Crippen LogP contribution in [-0.4, -0.2) is 66.4 Å². The second-order valence-electron chi connectivity index (χ2n) is 9.06. The monoisotopic (exact) mass is 417 g/mol. The van der Waals surface area contributed by atoms with Gasteiger partial charge in [0.1, 0.15) is 6.04 Å². The van der Waals surface area contributed by atoms with Crippen LogP contribution in [0.2, 0.25) is 0 Å². The Morgan fingerprint density at radius 3 is 2.43 bits per heavy atom. The number of hydrogen-bond donors (Lipinski definition) is 3. The number of likely N-dealkylation sites (tertiary alicyclic amines) is 1. The van der Waals surface area contributed by atoms with E-state index >= 15 is 0 Å². The van der Waals surface area contributed by atoms with E-state index in [-0.39, 0.29) is 17.7 Å². The summed E-state index contributed by atoms with van der Waals surface area (Å²) in [6.07, 6.45) is 1.93. The summed E-state index contributed by atoms with van der Waals surface area (Å²) in [7, 11) is 3.54. The SMILES string of the molecule is C[C@@H](NC(=O)C(C)(C)N)C(=O)N1CCC[C@](Cc2ccccc2)(C(=O)NN(C)C)C1. The van der Waals surface area contributed by atoms with E-state index in [9.17, 15) is 14.4 Å². The smallest absolute Gasteiger partial charge is 0.244 e. The highest BCUT2D eigenvalue weighted by atomic mass is 16.2. The molecule has 0 radical (unpaired) electrons. The quantitative estimate of drug-likeness (QED) is 0.565. The average Bonchev–Trinajstić information content (AvgIpc) is 2.67. The molecule has 0 aromatic heterocycles. The third-order valence-electron chi connectivity index (χ3n) is 5.38. The molecule has 0 spiro atoms. The van der Waals surface area contributed by atoms with Gasteiger partial charge in [0.2, 0.25) is 17.7 Å². The lowest BCUT2D eigenvalue weighted by molar-refractivity contribution is -0.146. The molecule has 0 aliphatic carbocycles. The molecule has 4 N–H and O–H groups in total. The zero-order valence-corrected chi connectivity index (χ0v) is 18.7. The first-order valence-electron chi connectivity index (χ1n) is 10.4. The van der Waals surface area contributed by atoms with E-state index in [1.807, 2.05) is 30.3 Å². The van der Waals surface area contributed by atoms with Crippen LogP contribution in [0.5, 0.6) is 0 Å². The fraction of sp³-hybridized carbons (Fsp3) is 0.591. The normalized spacial score (nSPS) is 20.6. The summed E-state index contributed by atoms with van der Waals surface area (Å²) >= 11 is 0. The summed E-state index contributed by atoms with van der Waals surface area (Å²) in [6.45, 7) is 5.69. The van der Waals surface area contributed by atoms with Crippen molar-refractivity contribution in [1.29, 1.82) is 0 Å². The van der Waals surface area contributed by atoms with Gasteiger partial charge in [-0.1, -0.05) is 30.3 Å². The Morgan fingerprint density at radius 1 is 1.23 bits per heavy atom. The average molecular weight is 418 g/mol. The number of hydrogen-bond acceptors (Lipinski definition) is 5. The Kier molecular flexibility index (Phi) is 7.60. The maximum atomic E-state index is 13.2.